The normalized spacial score (nSPS) is 10.0. The van der Waals surface area contributed by atoms with Crippen LogP contribution >= 0.6 is 0 Å². The van der Waals surface area contributed by atoms with Crippen molar-refractivity contribution in [1.82, 2.24) is 10.3 Å². The Hall–Kier alpha value is -1.42. The molecular weight excluding hydrogens is 178 g/mol. The van der Waals surface area contributed by atoms with Crippen LogP contribution in [0, 0.1) is 0 Å². The molecule has 1 aromatic rings. The number of nitrogens with two attached hydrogens (primary N) is 1. The second-order valence-electron chi connectivity index (χ2n) is 3.04. The van der Waals surface area contributed by atoms with Crippen LogP contribution in [-0.2, 0) is 11.2 Å². The van der Waals surface area contributed by atoms with Crippen molar-refractivity contribution >= 4 is 5.91 Å². The van der Waals surface area contributed by atoms with Gasteiger partial charge in [0, 0.05) is 37.8 Å². The minimum atomic E-state index is -0.268. The summed E-state index contributed by atoms with van der Waals surface area (Å²) in [6.07, 6.45) is 3.04. The highest BCUT2D eigenvalue weighted by molar-refractivity contribution is 5.73. The van der Waals surface area contributed by atoms with Crippen LogP contribution in [0.2, 0.25) is 0 Å². The van der Waals surface area contributed by atoms with Gasteiger partial charge in [0.15, 0.2) is 0 Å². The molecule has 0 aliphatic carbocycles. The van der Waals surface area contributed by atoms with Crippen molar-refractivity contribution in [3.8, 4) is 0 Å². The van der Waals surface area contributed by atoms with Gasteiger partial charge in [-0.05, 0) is 12.1 Å². The number of aromatic nitrogens is 1. The first-order chi connectivity index (χ1) is 6.79. The molecule has 0 aliphatic rings. The zero-order valence-corrected chi connectivity index (χ0v) is 8.07. The molecule has 0 spiro atoms. The van der Waals surface area contributed by atoms with Gasteiger partial charge in [0.1, 0.15) is 0 Å². The van der Waals surface area contributed by atoms with Gasteiger partial charge in [0.05, 0.1) is 0 Å². The summed E-state index contributed by atoms with van der Waals surface area (Å²) in [5.74, 6) is -0.268. The third-order valence-electron chi connectivity index (χ3n) is 1.83. The molecule has 76 valence electrons. The van der Waals surface area contributed by atoms with Crippen molar-refractivity contribution < 1.29 is 4.79 Å². The molecule has 0 aromatic carbocycles. The van der Waals surface area contributed by atoms with Crippen LogP contribution < -0.4 is 11.1 Å². The molecule has 0 saturated heterocycles. The van der Waals surface area contributed by atoms with E-state index in [-0.39, 0.29) is 5.91 Å². The largest absolute Gasteiger partial charge is 0.370 e. The first-order valence-electron chi connectivity index (χ1n) is 4.68. The fourth-order valence-corrected chi connectivity index (χ4v) is 1.10. The molecule has 4 heteroatoms. The lowest BCUT2D eigenvalue weighted by molar-refractivity contribution is -0.117. The highest BCUT2D eigenvalue weighted by Gasteiger charge is 1.94. The van der Waals surface area contributed by atoms with Crippen LogP contribution in [-0.4, -0.2) is 24.0 Å². The molecule has 1 aromatic heterocycles. The number of nitrogens with zero attached hydrogens (tertiary/aromatic N) is 1. The van der Waals surface area contributed by atoms with Crippen LogP contribution in [0.25, 0.3) is 0 Å². The number of hydrogen-bond acceptors (Lipinski definition) is 3. The standard InChI is InChI=1S/C10H15N3O/c11-10(14)5-8-12-7-4-9-3-1-2-6-13-9/h1-3,6,12H,4-5,7-8H2,(H2,11,14). The Labute approximate surface area is 83.5 Å². The van der Waals surface area contributed by atoms with Gasteiger partial charge in [-0.25, -0.2) is 0 Å². The molecule has 0 saturated carbocycles. The average molecular weight is 193 g/mol. The van der Waals surface area contributed by atoms with Crippen molar-refractivity contribution in [2.75, 3.05) is 13.1 Å². The van der Waals surface area contributed by atoms with Gasteiger partial charge in [0.2, 0.25) is 5.91 Å². The van der Waals surface area contributed by atoms with Crippen LogP contribution in [0.15, 0.2) is 24.4 Å². The number of carbonyl (C=O) groups excluding carboxylic acids is 1. The number of nitrogens with one attached hydrogen (secondary N) is 1. The number of rotatable bonds is 6. The Kier molecular flexibility index (Phi) is 4.64. The summed E-state index contributed by atoms with van der Waals surface area (Å²) in [6.45, 7) is 1.46. The van der Waals surface area contributed by atoms with Crippen molar-refractivity contribution in [1.29, 1.82) is 0 Å². The first-order valence-corrected chi connectivity index (χ1v) is 4.68. The lowest BCUT2D eigenvalue weighted by atomic mass is 10.2. The van der Waals surface area contributed by atoms with Crippen molar-refractivity contribution in [3.05, 3.63) is 30.1 Å². The lowest BCUT2D eigenvalue weighted by Gasteiger charge is -2.02. The van der Waals surface area contributed by atoms with Crippen LogP contribution in [0.5, 0.6) is 0 Å². The minimum absolute atomic E-state index is 0.268. The van der Waals surface area contributed by atoms with E-state index in [9.17, 15) is 4.79 Å². The van der Waals surface area contributed by atoms with E-state index in [1.165, 1.54) is 0 Å². The molecular formula is C10H15N3O. The van der Waals surface area contributed by atoms with Gasteiger partial charge >= 0.3 is 0 Å². The van der Waals surface area contributed by atoms with E-state index in [1.807, 2.05) is 18.2 Å². The van der Waals surface area contributed by atoms with Crippen LogP contribution in [0.3, 0.4) is 0 Å². The zero-order chi connectivity index (χ0) is 10.2. The Morgan fingerprint density at radius 2 is 2.29 bits per heavy atom. The van der Waals surface area contributed by atoms with Gasteiger partial charge in [-0.2, -0.15) is 0 Å². The van der Waals surface area contributed by atoms with E-state index in [0.717, 1.165) is 18.7 Å². The van der Waals surface area contributed by atoms with E-state index in [0.29, 0.717) is 13.0 Å². The predicted molar refractivity (Wildman–Crippen MR) is 54.6 cm³/mol. The van der Waals surface area contributed by atoms with E-state index in [4.69, 9.17) is 5.73 Å². The van der Waals surface area contributed by atoms with Crippen molar-refractivity contribution in [2.45, 2.75) is 12.8 Å². The number of hydrogen-bond donors (Lipinski definition) is 2. The smallest absolute Gasteiger partial charge is 0.218 e. The maximum atomic E-state index is 10.4. The molecule has 0 unspecified atom stereocenters. The summed E-state index contributed by atoms with van der Waals surface area (Å²) < 4.78 is 0. The second-order valence-corrected chi connectivity index (χ2v) is 3.04. The second kappa shape index (κ2) is 6.10. The van der Waals surface area contributed by atoms with Gasteiger partial charge < -0.3 is 11.1 Å². The molecule has 3 N–H and O–H groups in total. The number of pyridine rings is 1. The zero-order valence-electron chi connectivity index (χ0n) is 8.07. The van der Waals surface area contributed by atoms with Crippen molar-refractivity contribution in [3.63, 3.8) is 0 Å². The average Bonchev–Trinajstić information content (AvgIpc) is 2.18. The molecule has 14 heavy (non-hydrogen) atoms. The SMILES string of the molecule is NC(=O)CCNCCc1ccccn1. The monoisotopic (exact) mass is 193 g/mol. The van der Waals surface area contributed by atoms with Gasteiger partial charge in [0.25, 0.3) is 0 Å². The molecule has 4 nitrogen and oxygen atoms in total. The molecule has 0 atom stereocenters. The predicted octanol–water partition coefficient (Wildman–Crippen LogP) is 0.0891. The Bertz CT molecular complexity index is 274. The summed E-state index contributed by atoms with van der Waals surface area (Å²) in [6, 6.07) is 5.84. The third kappa shape index (κ3) is 4.57. The van der Waals surface area contributed by atoms with E-state index in [2.05, 4.69) is 10.3 Å². The third-order valence-corrected chi connectivity index (χ3v) is 1.83. The molecule has 0 fully saturated rings. The number of primary amides is 1. The van der Waals surface area contributed by atoms with E-state index in [1.54, 1.807) is 6.20 Å². The topological polar surface area (TPSA) is 68.0 Å². The Morgan fingerprint density at radius 1 is 1.43 bits per heavy atom. The van der Waals surface area contributed by atoms with Gasteiger partial charge in [-0.1, -0.05) is 6.07 Å². The molecule has 1 heterocycles. The first kappa shape index (κ1) is 10.7. The lowest BCUT2D eigenvalue weighted by Crippen LogP contribution is -2.23. The fourth-order valence-electron chi connectivity index (χ4n) is 1.10. The molecule has 0 bridgehead atoms. The highest BCUT2D eigenvalue weighted by Crippen LogP contribution is 1.92. The van der Waals surface area contributed by atoms with Crippen molar-refractivity contribution in [2.24, 2.45) is 5.73 Å². The summed E-state index contributed by atoms with van der Waals surface area (Å²) in [5.41, 5.74) is 6.05. The van der Waals surface area contributed by atoms with Gasteiger partial charge in [-0.15, -0.1) is 0 Å². The molecule has 1 rings (SSSR count). The number of carbonyl (C=O) groups is 1. The summed E-state index contributed by atoms with van der Waals surface area (Å²) in [5, 5.41) is 3.12. The summed E-state index contributed by atoms with van der Waals surface area (Å²) in [4.78, 5) is 14.6. The Morgan fingerprint density at radius 3 is 2.93 bits per heavy atom. The number of amides is 1. The fraction of sp³-hybridized carbons (Fsp3) is 0.400. The maximum Gasteiger partial charge on any atom is 0.218 e. The maximum absolute atomic E-state index is 10.4. The summed E-state index contributed by atoms with van der Waals surface area (Å²) in [7, 11) is 0. The molecule has 0 aliphatic heterocycles. The highest BCUT2D eigenvalue weighted by atomic mass is 16.1. The minimum Gasteiger partial charge on any atom is -0.370 e. The Balaban J connectivity index is 2.08. The van der Waals surface area contributed by atoms with Crippen LogP contribution in [0.4, 0.5) is 0 Å². The quantitative estimate of drug-likeness (QED) is 0.629. The van der Waals surface area contributed by atoms with E-state index >= 15 is 0 Å². The summed E-state index contributed by atoms with van der Waals surface area (Å²) >= 11 is 0. The van der Waals surface area contributed by atoms with Crippen LogP contribution in [0.1, 0.15) is 12.1 Å². The molecule has 0 radical (unpaired) electrons. The molecule has 1 amide bonds. The van der Waals surface area contributed by atoms with Gasteiger partial charge in [-0.3, -0.25) is 9.78 Å². The van der Waals surface area contributed by atoms with E-state index < -0.39 is 0 Å².